The third kappa shape index (κ3) is 2.94. The van der Waals surface area contributed by atoms with Gasteiger partial charge < -0.3 is 14.2 Å². The summed E-state index contributed by atoms with van der Waals surface area (Å²) < 4.78 is 8.92. The molecule has 2 aliphatic rings. The largest absolute Gasteiger partial charge is 0.381 e. The van der Waals surface area contributed by atoms with E-state index in [9.17, 15) is 9.59 Å². The lowest BCUT2D eigenvalue weighted by Gasteiger charge is -2.33. The molecule has 5 heterocycles. The maximum Gasteiger partial charge on any atom is 0.285 e. The van der Waals surface area contributed by atoms with Crippen molar-refractivity contribution in [1.29, 1.82) is 0 Å². The molecular weight excluding hydrogens is 374 g/mol. The number of amides is 1. The van der Waals surface area contributed by atoms with Gasteiger partial charge >= 0.3 is 0 Å². The zero-order valence-electron chi connectivity index (χ0n) is 16.5. The van der Waals surface area contributed by atoms with Crippen LogP contribution in [0.4, 0.5) is 0 Å². The van der Waals surface area contributed by atoms with Gasteiger partial charge in [0.25, 0.3) is 11.5 Å². The lowest BCUT2D eigenvalue weighted by molar-refractivity contribution is 0.0666. The van der Waals surface area contributed by atoms with Gasteiger partial charge in [-0.1, -0.05) is 0 Å². The van der Waals surface area contributed by atoms with E-state index in [0.717, 1.165) is 43.4 Å². The van der Waals surface area contributed by atoms with E-state index in [-0.39, 0.29) is 17.5 Å². The van der Waals surface area contributed by atoms with Crippen molar-refractivity contribution >= 4 is 11.6 Å². The Bertz CT molecular complexity index is 1140. The number of aromatic nitrogens is 6. The number of carbonyl (C=O) groups excluding carboxylic acids is 1. The minimum Gasteiger partial charge on any atom is -0.381 e. The lowest BCUT2D eigenvalue weighted by atomic mass is 9.99. The summed E-state index contributed by atoms with van der Waals surface area (Å²) >= 11 is 0. The van der Waals surface area contributed by atoms with Gasteiger partial charge in [-0.05, 0) is 26.7 Å². The minimum absolute atomic E-state index is 0.0303. The summed E-state index contributed by atoms with van der Waals surface area (Å²) in [5.41, 5.74) is 0.960. The summed E-state index contributed by atoms with van der Waals surface area (Å²) in [5, 5.41) is 11.7. The normalized spacial score (nSPS) is 20.2. The van der Waals surface area contributed by atoms with Crippen LogP contribution in [-0.2, 0) is 11.3 Å². The molecule has 1 saturated heterocycles. The Hall–Kier alpha value is -3.01. The molecule has 1 amide bonds. The maximum atomic E-state index is 13.1. The second kappa shape index (κ2) is 6.80. The average Bonchev–Trinajstić information content (AvgIpc) is 3.32. The molecule has 0 spiro atoms. The average molecular weight is 397 g/mol. The predicted molar refractivity (Wildman–Crippen MR) is 103 cm³/mol. The molecule has 1 N–H and O–H groups in total. The molecule has 3 aromatic rings. The number of rotatable bonds is 2. The van der Waals surface area contributed by atoms with Gasteiger partial charge in [0.2, 0.25) is 0 Å². The third-order valence-electron chi connectivity index (χ3n) is 5.78. The fourth-order valence-corrected chi connectivity index (χ4v) is 4.35. The van der Waals surface area contributed by atoms with Crippen LogP contribution in [0.5, 0.6) is 0 Å². The maximum absolute atomic E-state index is 13.1. The highest BCUT2D eigenvalue weighted by atomic mass is 16.5. The standard InChI is InChI=1S/C19H23N7O3/c1-11-7-15-20-8-14(19(28)26(15)23-11)18(27)24-9-12(2)25-16(10-24)21-22-17(25)13-3-5-29-6-4-13/h7-8,12-13,23H,3-6,9-10H2,1-2H3/t12-/m0/s1. The van der Waals surface area contributed by atoms with Crippen LogP contribution in [0.3, 0.4) is 0 Å². The summed E-state index contributed by atoms with van der Waals surface area (Å²) in [6.45, 7) is 6.19. The van der Waals surface area contributed by atoms with Crippen molar-refractivity contribution in [3.63, 3.8) is 0 Å². The van der Waals surface area contributed by atoms with E-state index in [1.54, 1.807) is 11.0 Å². The molecule has 2 aliphatic heterocycles. The van der Waals surface area contributed by atoms with E-state index >= 15 is 0 Å². The summed E-state index contributed by atoms with van der Waals surface area (Å²) in [6, 6.07) is 1.79. The van der Waals surface area contributed by atoms with E-state index in [1.165, 1.54) is 10.7 Å². The van der Waals surface area contributed by atoms with E-state index in [1.807, 2.05) is 6.92 Å². The molecule has 0 aromatic carbocycles. The SMILES string of the molecule is Cc1cc2ncc(C(=O)N3Cc4nnc(C5CCOCC5)n4[C@@H](C)C3)c(=O)n2[nH]1. The Labute approximate surface area is 166 Å². The van der Waals surface area contributed by atoms with E-state index in [2.05, 4.69) is 31.8 Å². The molecule has 1 fully saturated rings. The number of carbonyl (C=O) groups is 1. The number of fused-ring (bicyclic) bond motifs is 2. The summed E-state index contributed by atoms with van der Waals surface area (Å²) in [4.78, 5) is 31.8. The molecule has 152 valence electrons. The molecule has 3 aromatic heterocycles. The van der Waals surface area contributed by atoms with Crippen molar-refractivity contribution in [2.75, 3.05) is 19.8 Å². The highest BCUT2D eigenvalue weighted by Crippen LogP contribution is 2.31. The molecule has 1 atom stereocenters. The topological polar surface area (TPSA) is 110 Å². The van der Waals surface area contributed by atoms with Crippen LogP contribution in [0.1, 0.15) is 59.4 Å². The fourth-order valence-electron chi connectivity index (χ4n) is 4.35. The Morgan fingerprint density at radius 3 is 2.86 bits per heavy atom. The first-order valence-electron chi connectivity index (χ1n) is 9.91. The molecule has 0 saturated carbocycles. The first-order valence-corrected chi connectivity index (χ1v) is 9.91. The zero-order valence-corrected chi connectivity index (χ0v) is 16.5. The molecular formula is C19H23N7O3. The van der Waals surface area contributed by atoms with Crippen molar-refractivity contribution in [2.45, 2.75) is 45.2 Å². The van der Waals surface area contributed by atoms with Gasteiger partial charge in [0.15, 0.2) is 11.5 Å². The van der Waals surface area contributed by atoms with Crippen molar-refractivity contribution < 1.29 is 9.53 Å². The molecule has 29 heavy (non-hydrogen) atoms. The van der Waals surface area contributed by atoms with Gasteiger partial charge in [-0.15, -0.1) is 10.2 Å². The number of aromatic amines is 1. The van der Waals surface area contributed by atoms with Gasteiger partial charge in [-0.25, -0.2) is 9.50 Å². The Balaban J connectivity index is 1.44. The van der Waals surface area contributed by atoms with Crippen LogP contribution < -0.4 is 5.56 Å². The van der Waals surface area contributed by atoms with Gasteiger partial charge in [-0.3, -0.25) is 14.7 Å². The first kappa shape index (κ1) is 18.0. The Morgan fingerprint density at radius 2 is 2.07 bits per heavy atom. The number of hydrogen-bond acceptors (Lipinski definition) is 6. The summed E-state index contributed by atoms with van der Waals surface area (Å²) in [6.07, 6.45) is 3.24. The van der Waals surface area contributed by atoms with Crippen LogP contribution in [0.25, 0.3) is 5.65 Å². The highest BCUT2D eigenvalue weighted by Gasteiger charge is 2.33. The summed E-state index contributed by atoms with van der Waals surface area (Å²) in [5.74, 6) is 1.73. The second-order valence-corrected chi connectivity index (χ2v) is 7.88. The van der Waals surface area contributed by atoms with Crippen LogP contribution >= 0.6 is 0 Å². The number of nitrogens with one attached hydrogen (secondary N) is 1. The lowest BCUT2D eigenvalue weighted by Crippen LogP contribution is -2.43. The predicted octanol–water partition coefficient (Wildman–Crippen LogP) is 1.03. The highest BCUT2D eigenvalue weighted by molar-refractivity contribution is 5.93. The third-order valence-corrected chi connectivity index (χ3v) is 5.78. The minimum atomic E-state index is -0.393. The number of nitrogens with zero attached hydrogens (tertiary/aromatic N) is 6. The number of H-pyrrole nitrogens is 1. The van der Waals surface area contributed by atoms with Crippen LogP contribution in [0, 0.1) is 6.92 Å². The molecule has 5 rings (SSSR count). The van der Waals surface area contributed by atoms with E-state index < -0.39 is 5.56 Å². The van der Waals surface area contributed by atoms with Crippen LogP contribution in [0.2, 0.25) is 0 Å². The molecule has 0 unspecified atom stereocenters. The number of hydrogen-bond donors (Lipinski definition) is 1. The Morgan fingerprint density at radius 1 is 1.28 bits per heavy atom. The smallest absolute Gasteiger partial charge is 0.285 e. The van der Waals surface area contributed by atoms with Crippen molar-refractivity contribution in [3.8, 4) is 0 Å². The molecule has 10 heteroatoms. The molecule has 0 radical (unpaired) electrons. The van der Waals surface area contributed by atoms with E-state index in [4.69, 9.17) is 4.74 Å². The van der Waals surface area contributed by atoms with Gasteiger partial charge in [0, 0.05) is 43.6 Å². The molecule has 0 aliphatic carbocycles. The summed E-state index contributed by atoms with van der Waals surface area (Å²) in [7, 11) is 0. The monoisotopic (exact) mass is 397 g/mol. The van der Waals surface area contributed by atoms with E-state index in [0.29, 0.717) is 24.7 Å². The van der Waals surface area contributed by atoms with Crippen LogP contribution in [0.15, 0.2) is 17.1 Å². The van der Waals surface area contributed by atoms with Gasteiger partial charge in [-0.2, -0.15) is 0 Å². The van der Waals surface area contributed by atoms with Gasteiger partial charge in [0.05, 0.1) is 12.6 Å². The number of aryl methyl sites for hydroxylation is 1. The number of ether oxygens (including phenoxy) is 1. The van der Waals surface area contributed by atoms with Crippen molar-refractivity contribution in [2.24, 2.45) is 0 Å². The second-order valence-electron chi connectivity index (χ2n) is 7.88. The zero-order chi connectivity index (χ0) is 20.1. The quantitative estimate of drug-likeness (QED) is 0.692. The van der Waals surface area contributed by atoms with Crippen LogP contribution in [-0.4, -0.2) is 59.9 Å². The fraction of sp³-hybridized carbons (Fsp3) is 0.526. The van der Waals surface area contributed by atoms with Crippen molar-refractivity contribution in [1.82, 2.24) is 34.3 Å². The first-order chi connectivity index (χ1) is 14.0. The Kier molecular flexibility index (Phi) is 4.23. The van der Waals surface area contributed by atoms with Gasteiger partial charge in [0.1, 0.15) is 11.4 Å². The van der Waals surface area contributed by atoms with Crippen molar-refractivity contribution in [3.05, 3.63) is 45.5 Å². The molecule has 0 bridgehead atoms. The molecule has 10 nitrogen and oxygen atoms in total.